The van der Waals surface area contributed by atoms with Gasteiger partial charge < -0.3 is 10.2 Å². The van der Waals surface area contributed by atoms with Gasteiger partial charge in [0.25, 0.3) is 0 Å². The van der Waals surface area contributed by atoms with Crippen LogP contribution in [0.1, 0.15) is 38.3 Å². The molecule has 0 aliphatic heterocycles. The quantitative estimate of drug-likeness (QED) is 0.798. The van der Waals surface area contributed by atoms with Crippen molar-refractivity contribution >= 4 is 11.8 Å². The molecule has 128 valence electrons. The molecule has 0 radical (unpaired) electrons. The largest absolute Gasteiger partial charge is 0.348 e. The maximum atomic E-state index is 12.5. The minimum atomic E-state index is -0.359. The van der Waals surface area contributed by atoms with Gasteiger partial charge in [-0.05, 0) is 26.0 Å². The molecule has 2 unspecified atom stereocenters. The normalized spacial score (nSPS) is 13.5. The lowest BCUT2D eigenvalue weighted by molar-refractivity contribution is -0.132. The van der Waals surface area contributed by atoms with Gasteiger partial charge in [-0.25, -0.2) is 0 Å². The summed E-state index contributed by atoms with van der Waals surface area (Å²) in [6.07, 6.45) is 1.88. The van der Waals surface area contributed by atoms with Crippen LogP contribution in [0.5, 0.6) is 0 Å². The molecule has 0 heterocycles. The molecule has 0 saturated heterocycles. The molecule has 0 spiro atoms. The fourth-order valence-corrected chi connectivity index (χ4v) is 2.28. The van der Waals surface area contributed by atoms with E-state index in [9.17, 15) is 9.59 Å². The van der Waals surface area contributed by atoms with Crippen molar-refractivity contribution < 1.29 is 9.59 Å². The fraction of sp³-hybridized carbons (Fsp3) is 0.556. The zero-order valence-corrected chi connectivity index (χ0v) is 14.9. The Balaban J connectivity index is 2.69. The average molecular weight is 319 g/mol. The highest BCUT2D eigenvalue weighted by atomic mass is 16.2. The molecule has 0 aliphatic carbocycles. The number of nitrogens with zero attached hydrogens (tertiary/aromatic N) is 2. The number of carbonyl (C=O) groups excluding carboxylic acids is 2. The lowest BCUT2D eigenvalue weighted by Gasteiger charge is -2.27. The maximum Gasteiger partial charge on any atom is 0.237 e. The number of nitrogens with one attached hydrogen (secondary N) is 1. The van der Waals surface area contributed by atoms with Gasteiger partial charge in [0.2, 0.25) is 11.8 Å². The average Bonchev–Trinajstić information content (AvgIpc) is 2.54. The Kier molecular flexibility index (Phi) is 7.75. The summed E-state index contributed by atoms with van der Waals surface area (Å²) in [5, 5.41) is 3.11. The van der Waals surface area contributed by atoms with Crippen molar-refractivity contribution in [3.63, 3.8) is 0 Å². The zero-order valence-electron chi connectivity index (χ0n) is 14.9. The van der Waals surface area contributed by atoms with E-state index in [-0.39, 0.29) is 30.4 Å². The second kappa shape index (κ2) is 9.30. The van der Waals surface area contributed by atoms with E-state index in [4.69, 9.17) is 0 Å². The summed E-state index contributed by atoms with van der Waals surface area (Å²) in [5.74, 6) is -0.0679. The summed E-state index contributed by atoms with van der Waals surface area (Å²) in [5.41, 5.74) is 1.11. The lowest BCUT2D eigenvalue weighted by Crippen LogP contribution is -2.47. The SMILES string of the molecule is CCCC(NC(=O)C(C)N(C)CC(=O)N(C)C)c1ccccc1. The van der Waals surface area contributed by atoms with Crippen LogP contribution in [0, 0.1) is 0 Å². The van der Waals surface area contributed by atoms with Gasteiger partial charge in [-0.3, -0.25) is 14.5 Å². The number of benzene rings is 1. The van der Waals surface area contributed by atoms with E-state index in [1.807, 2.05) is 37.3 Å². The Morgan fingerprint density at radius 3 is 2.26 bits per heavy atom. The van der Waals surface area contributed by atoms with Crippen LogP contribution in [-0.2, 0) is 9.59 Å². The number of hydrogen-bond acceptors (Lipinski definition) is 3. The molecule has 1 N–H and O–H groups in total. The number of likely N-dealkylation sites (N-methyl/N-ethyl adjacent to an activating group) is 2. The predicted molar refractivity (Wildman–Crippen MR) is 93.0 cm³/mol. The van der Waals surface area contributed by atoms with Crippen LogP contribution in [-0.4, -0.2) is 55.3 Å². The maximum absolute atomic E-state index is 12.5. The first-order chi connectivity index (χ1) is 10.9. The van der Waals surface area contributed by atoms with Gasteiger partial charge in [-0.15, -0.1) is 0 Å². The number of amides is 2. The molecule has 2 atom stereocenters. The molecule has 1 aromatic rings. The van der Waals surface area contributed by atoms with Crippen LogP contribution in [0.2, 0.25) is 0 Å². The standard InChI is InChI=1S/C18H29N3O2/c1-6-10-16(15-11-8-7-9-12-15)19-18(23)14(2)21(5)13-17(22)20(3)4/h7-9,11-12,14,16H,6,10,13H2,1-5H3,(H,19,23). The topological polar surface area (TPSA) is 52.7 Å². The first-order valence-corrected chi connectivity index (χ1v) is 8.12. The molecule has 0 saturated carbocycles. The summed E-state index contributed by atoms with van der Waals surface area (Å²) in [6, 6.07) is 9.65. The number of rotatable bonds is 8. The van der Waals surface area contributed by atoms with Crippen LogP contribution in [0.3, 0.4) is 0 Å². The van der Waals surface area contributed by atoms with Gasteiger partial charge in [0.15, 0.2) is 0 Å². The third-order valence-corrected chi connectivity index (χ3v) is 4.02. The van der Waals surface area contributed by atoms with Crippen LogP contribution in [0.4, 0.5) is 0 Å². The molecule has 1 aromatic carbocycles. The highest BCUT2D eigenvalue weighted by Crippen LogP contribution is 2.18. The molecule has 0 bridgehead atoms. The van der Waals surface area contributed by atoms with E-state index in [1.165, 1.54) is 4.90 Å². The van der Waals surface area contributed by atoms with Crippen molar-refractivity contribution in [2.75, 3.05) is 27.7 Å². The Labute approximate surface area is 139 Å². The van der Waals surface area contributed by atoms with Gasteiger partial charge >= 0.3 is 0 Å². The fourth-order valence-electron chi connectivity index (χ4n) is 2.28. The van der Waals surface area contributed by atoms with Crippen molar-refractivity contribution in [1.82, 2.24) is 15.1 Å². The second-order valence-corrected chi connectivity index (χ2v) is 6.14. The van der Waals surface area contributed by atoms with E-state index in [0.29, 0.717) is 0 Å². The van der Waals surface area contributed by atoms with Gasteiger partial charge in [0.05, 0.1) is 18.6 Å². The minimum Gasteiger partial charge on any atom is -0.348 e. The molecule has 1 rings (SSSR count). The van der Waals surface area contributed by atoms with Crippen molar-refractivity contribution in [2.45, 2.75) is 38.8 Å². The zero-order chi connectivity index (χ0) is 17.4. The van der Waals surface area contributed by atoms with Crippen LogP contribution >= 0.6 is 0 Å². The van der Waals surface area contributed by atoms with E-state index in [0.717, 1.165) is 18.4 Å². The minimum absolute atomic E-state index is 0.00843. The monoisotopic (exact) mass is 319 g/mol. The van der Waals surface area contributed by atoms with E-state index < -0.39 is 0 Å². The molecule has 0 aliphatic rings. The van der Waals surface area contributed by atoms with Crippen LogP contribution < -0.4 is 5.32 Å². The van der Waals surface area contributed by atoms with Crippen molar-refractivity contribution in [3.05, 3.63) is 35.9 Å². The van der Waals surface area contributed by atoms with E-state index in [2.05, 4.69) is 12.2 Å². The molecular weight excluding hydrogens is 290 g/mol. The van der Waals surface area contributed by atoms with Crippen LogP contribution in [0.25, 0.3) is 0 Å². The number of hydrogen-bond donors (Lipinski definition) is 1. The van der Waals surface area contributed by atoms with Crippen molar-refractivity contribution in [1.29, 1.82) is 0 Å². The highest BCUT2D eigenvalue weighted by molar-refractivity contribution is 5.83. The van der Waals surface area contributed by atoms with E-state index >= 15 is 0 Å². The predicted octanol–water partition coefficient (Wildman–Crippen LogP) is 2.05. The summed E-state index contributed by atoms with van der Waals surface area (Å²) >= 11 is 0. The van der Waals surface area contributed by atoms with Gasteiger partial charge in [0.1, 0.15) is 0 Å². The number of carbonyl (C=O) groups is 2. The van der Waals surface area contributed by atoms with Gasteiger partial charge in [0, 0.05) is 14.1 Å². The summed E-state index contributed by atoms with van der Waals surface area (Å²) in [4.78, 5) is 27.6. The molecule has 2 amide bonds. The Hall–Kier alpha value is -1.88. The Bertz CT molecular complexity index is 502. The third-order valence-electron chi connectivity index (χ3n) is 4.02. The van der Waals surface area contributed by atoms with Crippen molar-refractivity contribution in [3.8, 4) is 0 Å². The summed E-state index contributed by atoms with van der Waals surface area (Å²) in [7, 11) is 5.23. The molecule has 5 nitrogen and oxygen atoms in total. The lowest BCUT2D eigenvalue weighted by atomic mass is 10.0. The van der Waals surface area contributed by atoms with Crippen LogP contribution in [0.15, 0.2) is 30.3 Å². The Morgan fingerprint density at radius 2 is 1.74 bits per heavy atom. The highest BCUT2D eigenvalue weighted by Gasteiger charge is 2.23. The van der Waals surface area contributed by atoms with Gasteiger partial charge in [-0.2, -0.15) is 0 Å². The molecule has 23 heavy (non-hydrogen) atoms. The van der Waals surface area contributed by atoms with E-state index in [1.54, 1.807) is 26.0 Å². The first-order valence-electron chi connectivity index (χ1n) is 8.12. The molecular formula is C18H29N3O2. The molecule has 0 fully saturated rings. The Morgan fingerprint density at radius 1 is 1.13 bits per heavy atom. The summed E-state index contributed by atoms with van der Waals surface area (Å²) < 4.78 is 0. The molecule has 0 aromatic heterocycles. The smallest absolute Gasteiger partial charge is 0.237 e. The third kappa shape index (κ3) is 6.02. The first kappa shape index (κ1) is 19.2. The second-order valence-electron chi connectivity index (χ2n) is 6.14. The van der Waals surface area contributed by atoms with Gasteiger partial charge in [-0.1, -0.05) is 43.7 Å². The van der Waals surface area contributed by atoms with Crippen molar-refractivity contribution in [2.24, 2.45) is 0 Å². The summed E-state index contributed by atoms with van der Waals surface area (Å²) in [6.45, 7) is 4.16. The molecule has 5 heteroatoms.